The molecule has 0 radical (unpaired) electrons. The van der Waals surface area contributed by atoms with Gasteiger partial charge >= 0.3 is 0 Å². The molecule has 1 unspecified atom stereocenters. The third-order valence-electron chi connectivity index (χ3n) is 6.08. The van der Waals surface area contributed by atoms with E-state index in [1.165, 1.54) is 35.9 Å². The molecule has 0 N–H and O–H groups in total. The van der Waals surface area contributed by atoms with Crippen molar-refractivity contribution in [2.45, 2.75) is 63.8 Å². The first-order chi connectivity index (χ1) is 10.6. The highest BCUT2D eigenvalue weighted by Crippen LogP contribution is 2.49. The Kier molecular flexibility index (Phi) is 4.17. The van der Waals surface area contributed by atoms with Crippen LogP contribution >= 0.6 is 11.8 Å². The van der Waals surface area contributed by atoms with Gasteiger partial charge in [-0.2, -0.15) is 0 Å². The lowest BCUT2D eigenvalue weighted by molar-refractivity contribution is -0.117. The Balaban J connectivity index is 1.96. The molecule has 2 aliphatic rings. The summed E-state index contributed by atoms with van der Waals surface area (Å²) in [6.45, 7) is 12.0. The van der Waals surface area contributed by atoms with E-state index in [4.69, 9.17) is 0 Å². The van der Waals surface area contributed by atoms with Gasteiger partial charge in [-0.3, -0.25) is 4.79 Å². The molecule has 0 aromatic heterocycles. The summed E-state index contributed by atoms with van der Waals surface area (Å²) in [4.78, 5) is 16.0. The Hall–Kier alpha value is -0.800. The van der Waals surface area contributed by atoms with Crippen LogP contribution in [0.3, 0.4) is 0 Å². The van der Waals surface area contributed by atoms with Crippen LogP contribution in [0.1, 0.15) is 52.2 Å². The van der Waals surface area contributed by atoms with Gasteiger partial charge in [-0.25, -0.2) is 0 Å². The van der Waals surface area contributed by atoms with Gasteiger partial charge in [0.1, 0.15) is 0 Å². The number of fused-ring (bicyclic) bond motifs is 4. The van der Waals surface area contributed by atoms with E-state index >= 15 is 0 Å². The summed E-state index contributed by atoms with van der Waals surface area (Å²) in [7, 11) is 2.26. The van der Waals surface area contributed by atoms with Crippen molar-refractivity contribution in [2.75, 3.05) is 13.6 Å². The molecule has 2 nitrogen and oxygen atoms in total. The van der Waals surface area contributed by atoms with E-state index in [2.05, 4.69) is 44.0 Å². The van der Waals surface area contributed by atoms with E-state index in [0.29, 0.717) is 12.0 Å². The summed E-state index contributed by atoms with van der Waals surface area (Å²) in [6.07, 6.45) is 2.34. The number of hydrogen-bond donors (Lipinski definition) is 0. The number of likely N-dealkylation sites (N-methyl/N-ethyl adjacent to an activating group) is 1. The molecule has 1 fully saturated rings. The quantitative estimate of drug-likeness (QED) is 0.706. The Morgan fingerprint density at radius 3 is 2.70 bits per heavy atom. The van der Waals surface area contributed by atoms with Gasteiger partial charge in [0.05, 0.1) is 0 Å². The van der Waals surface area contributed by atoms with E-state index in [1.807, 2.05) is 20.8 Å². The summed E-state index contributed by atoms with van der Waals surface area (Å²) in [5.41, 5.74) is 2.92. The minimum atomic E-state index is -0.295. The van der Waals surface area contributed by atoms with Crippen molar-refractivity contribution in [3.05, 3.63) is 29.3 Å². The molecule has 23 heavy (non-hydrogen) atoms. The SMILES string of the molecule is C[C@H]1C2Cc3ccc(SC(=O)C(C)(C)C)cc3[C@]1(C)CCN2C. The molecule has 126 valence electrons. The van der Waals surface area contributed by atoms with E-state index in [0.717, 1.165) is 11.3 Å². The lowest BCUT2D eigenvalue weighted by Crippen LogP contribution is -2.56. The van der Waals surface area contributed by atoms with Crippen LogP contribution in [0.4, 0.5) is 0 Å². The first-order valence-corrected chi connectivity index (χ1v) is 9.50. The fraction of sp³-hybridized carbons (Fsp3) is 0.650. The van der Waals surface area contributed by atoms with Gasteiger partial charge < -0.3 is 4.90 Å². The average Bonchev–Trinajstić information content (AvgIpc) is 2.46. The van der Waals surface area contributed by atoms with Crippen LogP contribution in [0, 0.1) is 11.3 Å². The molecule has 1 aromatic rings. The highest BCUT2D eigenvalue weighted by molar-refractivity contribution is 8.13. The van der Waals surface area contributed by atoms with Crippen LogP contribution in [-0.2, 0) is 16.6 Å². The van der Waals surface area contributed by atoms with Crippen molar-refractivity contribution in [1.82, 2.24) is 4.90 Å². The summed E-state index contributed by atoms with van der Waals surface area (Å²) < 4.78 is 0. The highest BCUT2D eigenvalue weighted by atomic mass is 32.2. The van der Waals surface area contributed by atoms with Crippen LogP contribution in [0.15, 0.2) is 23.1 Å². The fourth-order valence-corrected chi connectivity index (χ4v) is 4.97. The van der Waals surface area contributed by atoms with E-state index < -0.39 is 0 Å². The topological polar surface area (TPSA) is 20.3 Å². The molecular weight excluding hydrogens is 302 g/mol. The molecule has 1 saturated heterocycles. The molecule has 1 aliphatic carbocycles. The number of carbonyl (C=O) groups excluding carboxylic acids is 1. The zero-order valence-electron chi connectivity index (χ0n) is 15.3. The van der Waals surface area contributed by atoms with Crippen LogP contribution in [-0.4, -0.2) is 29.6 Å². The molecule has 1 aromatic carbocycles. The number of nitrogens with zero attached hydrogens (tertiary/aromatic N) is 1. The Labute approximate surface area is 145 Å². The van der Waals surface area contributed by atoms with E-state index in [9.17, 15) is 4.79 Å². The van der Waals surface area contributed by atoms with Gasteiger partial charge in [-0.1, -0.05) is 52.4 Å². The van der Waals surface area contributed by atoms with Crippen LogP contribution in [0.5, 0.6) is 0 Å². The molecule has 1 heterocycles. The van der Waals surface area contributed by atoms with Crippen molar-refractivity contribution < 1.29 is 4.79 Å². The minimum Gasteiger partial charge on any atom is -0.303 e. The van der Waals surface area contributed by atoms with Crippen molar-refractivity contribution in [2.24, 2.45) is 11.3 Å². The number of rotatable bonds is 1. The van der Waals surface area contributed by atoms with Gasteiger partial charge in [0.15, 0.2) is 5.12 Å². The van der Waals surface area contributed by atoms with Gasteiger partial charge in [0.25, 0.3) is 0 Å². The second-order valence-corrected chi connectivity index (χ2v) is 9.71. The molecule has 3 rings (SSSR count). The fourth-order valence-electron chi connectivity index (χ4n) is 4.14. The molecule has 3 heteroatoms. The molecule has 0 amide bonds. The van der Waals surface area contributed by atoms with Gasteiger partial charge in [-0.05, 0) is 61.0 Å². The largest absolute Gasteiger partial charge is 0.303 e. The molecular formula is C20H29NOS. The maximum Gasteiger partial charge on any atom is 0.198 e. The Morgan fingerprint density at radius 1 is 1.35 bits per heavy atom. The standard InChI is InChI=1S/C20H29NOS/c1-13-17-11-14-7-8-15(23-18(22)19(2,3)4)12-16(14)20(13,5)9-10-21(17)6/h7-8,12-13,17H,9-11H2,1-6H3/t13-,17?,20+/m0/s1. The third kappa shape index (κ3) is 2.87. The molecule has 0 spiro atoms. The zero-order chi connectivity index (χ0) is 17.0. The first kappa shape index (κ1) is 17.0. The van der Waals surface area contributed by atoms with Gasteiger partial charge in [0.2, 0.25) is 0 Å². The van der Waals surface area contributed by atoms with E-state index in [1.54, 1.807) is 0 Å². The first-order valence-electron chi connectivity index (χ1n) is 8.69. The summed E-state index contributed by atoms with van der Waals surface area (Å²) in [5.74, 6) is 0.660. The number of hydrogen-bond acceptors (Lipinski definition) is 3. The second-order valence-electron chi connectivity index (χ2n) is 8.67. The monoisotopic (exact) mass is 331 g/mol. The minimum absolute atomic E-state index is 0.242. The van der Waals surface area contributed by atoms with Gasteiger partial charge in [-0.15, -0.1) is 0 Å². The van der Waals surface area contributed by atoms with Gasteiger partial charge in [0, 0.05) is 16.4 Å². The molecule has 2 bridgehead atoms. The third-order valence-corrected chi connectivity index (χ3v) is 7.37. The lowest BCUT2D eigenvalue weighted by atomic mass is 9.59. The lowest BCUT2D eigenvalue weighted by Gasteiger charge is -2.53. The number of benzene rings is 1. The number of likely N-dealkylation sites (tertiary alicyclic amines) is 1. The zero-order valence-corrected chi connectivity index (χ0v) is 16.1. The van der Waals surface area contributed by atoms with Crippen molar-refractivity contribution >= 4 is 16.9 Å². The normalized spacial score (nSPS) is 30.9. The van der Waals surface area contributed by atoms with Crippen molar-refractivity contribution in [3.63, 3.8) is 0 Å². The maximum atomic E-state index is 12.4. The number of carbonyl (C=O) groups is 1. The smallest absolute Gasteiger partial charge is 0.198 e. The van der Waals surface area contributed by atoms with Crippen molar-refractivity contribution in [3.8, 4) is 0 Å². The van der Waals surface area contributed by atoms with Crippen LogP contribution in [0.25, 0.3) is 0 Å². The summed E-state index contributed by atoms with van der Waals surface area (Å²) in [5, 5.41) is 0.243. The predicted molar refractivity (Wildman–Crippen MR) is 98.0 cm³/mol. The van der Waals surface area contributed by atoms with Crippen LogP contribution in [0.2, 0.25) is 0 Å². The van der Waals surface area contributed by atoms with E-state index in [-0.39, 0.29) is 15.9 Å². The molecule has 3 atom stereocenters. The highest BCUT2D eigenvalue weighted by Gasteiger charge is 2.47. The number of piperidine rings is 1. The Bertz CT molecular complexity index is 633. The average molecular weight is 332 g/mol. The Morgan fingerprint density at radius 2 is 2.04 bits per heavy atom. The maximum absolute atomic E-state index is 12.4. The number of thioether (sulfide) groups is 1. The molecule has 0 saturated carbocycles. The van der Waals surface area contributed by atoms with Crippen LogP contribution < -0.4 is 0 Å². The summed E-state index contributed by atoms with van der Waals surface area (Å²) in [6, 6.07) is 7.37. The predicted octanol–water partition coefficient (Wildman–Crippen LogP) is 4.51. The second kappa shape index (κ2) is 5.63. The van der Waals surface area contributed by atoms with Crippen molar-refractivity contribution in [1.29, 1.82) is 0 Å². The summed E-state index contributed by atoms with van der Waals surface area (Å²) >= 11 is 1.41. The molecule has 1 aliphatic heterocycles.